The van der Waals surface area contributed by atoms with Crippen LogP contribution in [0.1, 0.15) is 5.56 Å². The Kier molecular flexibility index (Phi) is 4.15. The molecular weight excluding hydrogens is 356 g/mol. The van der Waals surface area contributed by atoms with Crippen molar-refractivity contribution in [2.75, 3.05) is 22.9 Å². The van der Waals surface area contributed by atoms with E-state index in [4.69, 9.17) is 17.3 Å². The predicted octanol–water partition coefficient (Wildman–Crippen LogP) is 4.80. The Balaban J connectivity index is 1.91. The van der Waals surface area contributed by atoms with Crippen LogP contribution < -0.4 is 10.6 Å². The number of rotatable bonds is 2. The maximum atomic E-state index is 6.32. The third-order valence-corrected chi connectivity index (χ3v) is 5.21. The highest BCUT2D eigenvalue weighted by Crippen LogP contribution is 2.37. The number of nitrogen functional groups attached to an aromatic ring is 1. The van der Waals surface area contributed by atoms with E-state index in [1.165, 1.54) is 10.6 Å². The normalized spacial score (nSPS) is 14.2. The van der Waals surface area contributed by atoms with Gasteiger partial charge in [-0.25, -0.2) is 0 Å². The first-order valence-electron chi connectivity index (χ1n) is 6.35. The zero-order valence-corrected chi connectivity index (χ0v) is 13.9. The Morgan fingerprint density at radius 2 is 2.10 bits per heavy atom. The minimum Gasteiger partial charge on any atom is -0.399 e. The van der Waals surface area contributed by atoms with E-state index in [1.807, 2.05) is 36.0 Å². The third-order valence-electron chi connectivity index (χ3n) is 3.32. The summed E-state index contributed by atoms with van der Waals surface area (Å²) >= 11 is 11.6. The summed E-state index contributed by atoms with van der Waals surface area (Å²) in [6.07, 6.45) is 0. The second kappa shape index (κ2) is 5.88. The van der Waals surface area contributed by atoms with Gasteiger partial charge in [0.1, 0.15) is 0 Å². The zero-order chi connectivity index (χ0) is 14.1. The molecule has 5 heteroatoms. The third kappa shape index (κ3) is 2.92. The molecule has 2 aromatic rings. The molecule has 2 N–H and O–H groups in total. The summed E-state index contributed by atoms with van der Waals surface area (Å²) in [6, 6.07) is 12.1. The van der Waals surface area contributed by atoms with E-state index in [0.717, 1.165) is 39.6 Å². The van der Waals surface area contributed by atoms with Gasteiger partial charge in [0.05, 0.1) is 5.69 Å². The molecule has 2 nitrogen and oxygen atoms in total. The van der Waals surface area contributed by atoms with Crippen molar-refractivity contribution in [1.82, 2.24) is 0 Å². The summed E-state index contributed by atoms with van der Waals surface area (Å²) in [5.41, 5.74) is 9.07. The molecule has 0 fully saturated rings. The van der Waals surface area contributed by atoms with Crippen LogP contribution in [0.15, 0.2) is 45.8 Å². The Labute approximate surface area is 136 Å². The highest BCUT2D eigenvalue weighted by atomic mass is 79.9. The molecule has 2 aromatic carbocycles. The molecule has 0 saturated heterocycles. The van der Waals surface area contributed by atoms with Crippen LogP contribution in [0.5, 0.6) is 0 Å². The Morgan fingerprint density at radius 3 is 2.90 bits per heavy atom. The van der Waals surface area contributed by atoms with E-state index in [1.54, 1.807) is 0 Å². The van der Waals surface area contributed by atoms with Gasteiger partial charge in [0.2, 0.25) is 0 Å². The van der Waals surface area contributed by atoms with Gasteiger partial charge < -0.3 is 10.6 Å². The highest BCUT2D eigenvalue weighted by molar-refractivity contribution is 9.10. The van der Waals surface area contributed by atoms with Gasteiger partial charge in [0.25, 0.3) is 0 Å². The summed E-state index contributed by atoms with van der Waals surface area (Å²) in [5, 5.41) is 0.794. The van der Waals surface area contributed by atoms with Gasteiger partial charge in [-0.3, -0.25) is 0 Å². The summed E-state index contributed by atoms with van der Waals surface area (Å²) < 4.78 is 1.00. The second-order valence-corrected chi connectivity index (χ2v) is 7.19. The number of halogens is 2. The van der Waals surface area contributed by atoms with Crippen molar-refractivity contribution >= 4 is 50.7 Å². The first-order valence-corrected chi connectivity index (χ1v) is 8.50. The van der Waals surface area contributed by atoms with E-state index in [0.29, 0.717) is 0 Å². The van der Waals surface area contributed by atoms with Crippen LogP contribution >= 0.6 is 39.3 Å². The van der Waals surface area contributed by atoms with Gasteiger partial charge in [0.15, 0.2) is 0 Å². The summed E-state index contributed by atoms with van der Waals surface area (Å²) in [7, 11) is 0. The lowest BCUT2D eigenvalue weighted by molar-refractivity contribution is 0.818. The minimum atomic E-state index is 0.794. The van der Waals surface area contributed by atoms with Gasteiger partial charge in [-0.2, -0.15) is 0 Å². The second-order valence-electron chi connectivity index (χ2n) is 4.73. The lowest BCUT2D eigenvalue weighted by Crippen LogP contribution is -2.28. The monoisotopic (exact) mass is 368 g/mol. The van der Waals surface area contributed by atoms with Crippen LogP contribution in [0.25, 0.3) is 0 Å². The van der Waals surface area contributed by atoms with Crippen LogP contribution in [0.2, 0.25) is 5.02 Å². The first kappa shape index (κ1) is 14.1. The molecule has 0 amide bonds. The first-order chi connectivity index (χ1) is 9.63. The van der Waals surface area contributed by atoms with Crippen molar-refractivity contribution in [2.24, 2.45) is 0 Å². The molecule has 0 atom stereocenters. The highest BCUT2D eigenvalue weighted by Gasteiger charge is 2.18. The maximum absolute atomic E-state index is 6.32. The van der Waals surface area contributed by atoms with E-state index < -0.39 is 0 Å². The molecule has 0 bridgehead atoms. The molecule has 1 aliphatic rings. The van der Waals surface area contributed by atoms with Gasteiger partial charge in [-0.1, -0.05) is 33.6 Å². The topological polar surface area (TPSA) is 29.3 Å². The number of benzene rings is 2. The lowest BCUT2D eigenvalue weighted by atomic mass is 10.2. The molecule has 1 heterocycles. The SMILES string of the molecule is Nc1ccc2c(c1)N(Cc1ccc(Br)cc1Cl)CCS2. The summed E-state index contributed by atoms with van der Waals surface area (Å²) in [4.78, 5) is 3.64. The number of anilines is 2. The van der Waals surface area contributed by atoms with Crippen LogP contribution in [0.3, 0.4) is 0 Å². The van der Waals surface area contributed by atoms with Crippen molar-refractivity contribution in [2.45, 2.75) is 11.4 Å². The molecule has 3 rings (SSSR count). The van der Waals surface area contributed by atoms with Crippen LogP contribution in [0, 0.1) is 0 Å². The van der Waals surface area contributed by atoms with Gasteiger partial charge in [0, 0.05) is 38.9 Å². The number of fused-ring (bicyclic) bond motifs is 1. The maximum Gasteiger partial charge on any atom is 0.0528 e. The molecule has 104 valence electrons. The fraction of sp³-hybridized carbons (Fsp3) is 0.200. The molecule has 20 heavy (non-hydrogen) atoms. The van der Waals surface area contributed by atoms with Crippen molar-refractivity contribution in [3.05, 3.63) is 51.5 Å². The van der Waals surface area contributed by atoms with E-state index in [-0.39, 0.29) is 0 Å². The van der Waals surface area contributed by atoms with E-state index in [9.17, 15) is 0 Å². The summed E-state index contributed by atoms with van der Waals surface area (Å²) in [5.74, 6) is 1.09. The average Bonchev–Trinajstić information content (AvgIpc) is 2.42. The van der Waals surface area contributed by atoms with Crippen molar-refractivity contribution in [3.8, 4) is 0 Å². The number of hydrogen-bond donors (Lipinski definition) is 1. The molecule has 0 saturated carbocycles. The van der Waals surface area contributed by atoms with Crippen LogP contribution in [0.4, 0.5) is 11.4 Å². The zero-order valence-electron chi connectivity index (χ0n) is 10.8. The fourth-order valence-electron chi connectivity index (χ4n) is 2.31. The van der Waals surface area contributed by atoms with E-state index >= 15 is 0 Å². The molecule has 1 aliphatic heterocycles. The Hall–Kier alpha value is -0.840. The number of nitrogens with two attached hydrogens (primary N) is 1. The lowest BCUT2D eigenvalue weighted by Gasteiger charge is -2.31. The summed E-state index contributed by atoms with van der Waals surface area (Å²) in [6.45, 7) is 1.82. The molecule has 0 aromatic heterocycles. The van der Waals surface area contributed by atoms with Gasteiger partial charge in [-0.15, -0.1) is 11.8 Å². The fourth-order valence-corrected chi connectivity index (χ4v) is 4.07. The average molecular weight is 370 g/mol. The molecule has 0 spiro atoms. The number of hydrogen-bond acceptors (Lipinski definition) is 3. The predicted molar refractivity (Wildman–Crippen MR) is 91.8 cm³/mol. The van der Waals surface area contributed by atoms with E-state index in [2.05, 4.69) is 33.0 Å². The molecule has 0 aliphatic carbocycles. The van der Waals surface area contributed by atoms with Crippen LogP contribution in [-0.2, 0) is 6.54 Å². The largest absolute Gasteiger partial charge is 0.399 e. The minimum absolute atomic E-state index is 0.794. The molecule has 0 unspecified atom stereocenters. The van der Waals surface area contributed by atoms with Gasteiger partial charge in [-0.05, 0) is 35.9 Å². The Morgan fingerprint density at radius 1 is 1.25 bits per heavy atom. The van der Waals surface area contributed by atoms with Crippen molar-refractivity contribution in [1.29, 1.82) is 0 Å². The smallest absolute Gasteiger partial charge is 0.0528 e. The molecular formula is C15H14BrClN2S. The van der Waals surface area contributed by atoms with Crippen molar-refractivity contribution < 1.29 is 0 Å². The Bertz CT molecular complexity index is 648. The number of thioether (sulfide) groups is 1. The quantitative estimate of drug-likeness (QED) is 0.771. The van der Waals surface area contributed by atoms with Crippen molar-refractivity contribution in [3.63, 3.8) is 0 Å². The van der Waals surface area contributed by atoms with Crippen LogP contribution in [-0.4, -0.2) is 12.3 Å². The molecule has 0 radical (unpaired) electrons. The number of nitrogens with zero attached hydrogens (tertiary/aromatic N) is 1. The van der Waals surface area contributed by atoms with Gasteiger partial charge >= 0.3 is 0 Å². The standard InChI is InChI=1S/C15H14BrClN2S/c16-11-2-1-10(13(17)7-11)9-19-5-6-20-15-4-3-12(18)8-14(15)19/h1-4,7-8H,5-6,9,18H2.